The number of hydrogen-bond acceptors (Lipinski definition) is 3. The highest BCUT2D eigenvalue weighted by Crippen LogP contribution is 2.23. The Balaban J connectivity index is 2.12. The van der Waals surface area contributed by atoms with Crippen LogP contribution in [0.25, 0.3) is 0 Å². The van der Waals surface area contributed by atoms with Crippen LogP contribution in [0.4, 0.5) is 0 Å². The van der Waals surface area contributed by atoms with Gasteiger partial charge in [0.1, 0.15) is 0 Å². The second-order valence-electron chi connectivity index (χ2n) is 4.02. The maximum Gasteiger partial charge on any atom is 0.199 e. The second kappa shape index (κ2) is 4.39. The number of hydrogen-bond donors (Lipinski definition) is 0. The molecule has 0 heterocycles. The molecule has 1 unspecified atom stereocenters. The Morgan fingerprint density at radius 1 is 1.06 bits per heavy atom. The van der Waals surface area contributed by atoms with Crippen LogP contribution in [0.5, 0.6) is 0 Å². The quantitative estimate of drug-likeness (QED) is 0.559. The molecule has 0 spiro atoms. The van der Waals surface area contributed by atoms with E-state index in [1.165, 1.54) is 0 Å². The molecule has 3 heteroatoms. The minimum Gasteiger partial charge on any atom is -0.294 e. The maximum absolute atomic E-state index is 12.0. The van der Waals surface area contributed by atoms with E-state index in [4.69, 9.17) is 0 Å². The molecule has 0 amide bonds. The van der Waals surface area contributed by atoms with Crippen molar-refractivity contribution in [1.82, 2.24) is 0 Å². The summed E-state index contributed by atoms with van der Waals surface area (Å²) in [6.45, 7) is 0. The number of benzene rings is 1. The second-order valence-corrected chi connectivity index (χ2v) is 4.02. The lowest BCUT2D eigenvalue weighted by molar-refractivity contribution is -0.138. The molecule has 1 aliphatic carbocycles. The summed E-state index contributed by atoms with van der Waals surface area (Å²) in [5.74, 6) is -1.08. The number of carbonyl (C=O) groups excluding carboxylic acids is 3. The molecule has 2 rings (SSSR count). The fourth-order valence-electron chi connectivity index (χ4n) is 1.95. The highest BCUT2D eigenvalue weighted by Gasteiger charge is 2.31. The third-order valence-corrected chi connectivity index (χ3v) is 2.89. The van der Waals surface area contributed by atoms with Gasteiger partial charge in [0, 0.05) is 24.3 Å². The van der Waals surface area contributed by atoms with Gasteiger partial charge >= 0.3 is 0 Å². The molecule has 1 atom stereocenters. The van der Waals surface area contributed by atoms with Gasteiger partial charge in [0.25, 0.3) is 0 Å². The molecule has 1 fully saturated rings. The molecule has 1 aromatic carbocycles. The first-order chi connectivity index (χ1) is 7.68. The fraction of sp³-hybridized carbons (Fsp3) is 0.308. The topological polar surface area (TPSA) is 51.2 Å². The van der Waals surface area contributed by atoms with Crippen LogP contribution in [0.1, 0.15) is 29.6 Å². The van der Waals surface area contributed by atoms with E-state index < -0.39 is 5.78 Å². The Labute approximate surface area is 93.5 Å². The van der Waals surface area contributed by atoms with Crippen molar-refractivity contribution in [1.29, 1.82) is 0 Å². The Kier molecular flexibility index (Phi) is 2.95. The van der Waals surface area contributed by atoms with Gasteiger partial charge in [-0.3, -0.25) is 14.4 Å². The normalized spacial score (nSPS) is 20.9. The van der Waals surface area contributed by atoms with Gasteiger partial charge in [0.2, 0.25) is 0 Å². The summed E-state index contributed by atoms with van der Waals surface area (Å²) < 4.78 is 0. The molecular formula is C13H12O3. The summed E-state index contributed by atoms with van der Waals surface area (Å²) in [5.41, 5.74) is 0.620. The maximum atomic E-state index is 12.0. The Hall–Kier alpha value is -1.77. The summed E-state index contributed by atoms with van der Waals surface area (Å²) in [4.78, 5) is 34.3. The van der Waals surface area contributed by atoms with Crippen LogP contribution in [-0.2, 0) is 9.59 Å². The van der Waals surface area contributed by atoms with Crippen molar-refractivity contribution in [3.8, 4) is 0 Å². The van der Waals surface area contributed by atoms with Crippen LogP contribution >= 0.6 is 0 Å². The smallest absolute Gasteiger partial charge is 0.199 e. The lowest BCUT2D eigenvalue weighted by Gasteiger charge is -2.18. The van der Waals surface area contributed by atoms with E-state index in [-0.39, 0.29) is 30.3 Å². The van der Waals surface area contributed by atoms with E-state index in [0.717, 1.165) is 0 Å². The minimum absolute atomic E-state index is 0.0264. The predicted molar refractivity (Wildman–Crippen MR) is 58.1 cm³/mol. The largest absolute Gasteiger partial charge is 0.294 e. The van der Waals surface area contributed by atoms with Crippen molar-refractivity contribution in [2.75, 3.05) is 0 Å². The molecule has 1 saturated carbocycles. The van der Waals surface area contributed by atoms with E-state index >= 15 is 0 Å². The van der Waals surface area contributed by atoms with Gasteiger partial charge in [-0.2, -0.15) is 0 Å². The van der Waals surface area contributed by atoms with Crippen LogP contribution in [0.15, 0.2) is 30.3 Å². The van der Waals surface area contributed by atoms with E-state index in [1.807, 2.05) is 6.07 Å². The minimum atomic E-state index is -0.402. The van der Waals surface area contributed by atoms with Crippen LogP contribution in [-0.4, -0.2) is 17.3 Å². The van der Waals surface area contributed by atoms with E-state index in [1.54, 1.807) is 24.3 Å². The average molecular weight is 216 g/mol. The summed E-state index contributed by atoms with van der Waals surface area (Å²) in [5, 5.41) is 0. The van der Waals surface area contributed by atoms with Gasteiger partial charge in [-0.05, 0) is 6.42 Å². The Morgan fingerprint density at radius 2 is 1.75 bits per heavy atom. The molecule has 1 aliphatic rings. The first kappa shape index (κ1) is 10.7. The van der Waals surface area contributed by atoms with E-state index in [2.05, 4.69) is 0 Å². The molecular weight excluding hydrogens is 204 g/mol. The molecule has 82 valence electrons. The van der Waals surface area contributed by atoms with Crippen LogP contribution in [0.2, 0.25) is 0 Å². The monoisotopic (exact) mass is 216 g/mol. The molecule has 0 aromatic heterocycles. The zero-order chi connectivity index (χ0) is 11.5. The SMILES string of the molecule is O=C1CCC(C(=O)c2ccccc2)CC1=O. The van der Waals surface area contributed by atoms with Gasteiger partial charge in [-0.25, -0.2) is 0 Å². The van der Waals surface area contributed by atoms with Crippen LogP contribution in [0, 0.1) is 5.92 Å². The molecule has 16 heavy (non-hydrogen) atoms. The van der Waals surface area contributed by atoms with Crippen molar-refractivity contribution in [3.05, 3.63) is 35.9 Å². The van der Waals surface area contributed by atoms with Crippen LogP contribution in [0.3, 0.4) is 0 Å². The number of Topliss-reactive ketones (excluding diaryl/α,β-unsaturated/α-hetero) is 3. The zero-order valence-electron chi connectivity index (χ0n) is 8.81. The summed E-state index contributed by atoms with van der Waals surface area (Å²) in [6.07, 6.45) is 0.785. The van der Waals surface area contributed by atoms with Crippen molar-refractivity contribution < 1.29 is 14.4 Å². The van der Waals surface area contributed by atoms with Crippen molar-refractivity contribution >= 4 is 17.3 Å². The highest BCUT2D eigenvalue weighted by molar-refractivity contribution is 6.38. The van der Waals surface area contributed by atoms with Gasteiger partial charge < -0.3 is 0 Å². The van der Waals surface area contributed by atoms with E-state index in [0.29, 0.717) is 12.0 Å². The fourth-order valence-corrected chi connectivity index (χ4v) is 1.95. The lowest BCUT2D eigenvalue weighted by Crippen LogP contribution is -2.29. The number of ketones is 3. The predicted octanol–water partition coefficient (Wildman–Crippen LogP) is 1.81. The standard InChI is InChI=1S/C13H12O3/c14-11-7-6-10(8-12(11)15)13(16)9-4-2-1-3-5-9/h1-5,10H,6-8H2. The van der Waals surface area contributed by atoms with Gasteiger partial charge in [-0.15, -0.1) is 0 Å². The molecule has 0 N–H and O–H groups in total. The number of carbonyl (C=O) groups is 3. The third kappa shape index (κ3) is 2.08. The van der Waals surface area contributed by atoms with Gasteiger partial charge in [-0.1, -0.05) is 30.3 Å². The summed E-state index contributed by atoms with van der Waals surface area (Å²) in [7, 11) is 0. The van der Waals surface area contributed by atoms with Crippen molar-refractivity contribution in [2.45, 2.75) is 19.3 Å². The zero-order valence-corrected chi connectivity index (χ0v) is 8.81. The molecule has 0 aliphatic heterocycles. The van der Waals surface area contributed by atoms with Gasteiger partial charge in [0.05, 0.1) is 0 Å². The molecule has 0 bridgehead atoms. The van der Waals surface area contributed by atoms with Crippen molar-refractivity contribution in [3.63, 3.8) is 0 Å². The highest BCUT2D eigenvalue weighted by atomic mass is 16.2. The lowest BCUT2D eigenvalue weighted by atomic mass is 9.82. The summed E-state index contributed by atoms with van der Waals surface area (Å²) in [6, 6.07) is 8.91. The summed E-state index contributed by atoms with van der Waals surface area (Å²) >= 11 is 0. The van der Waals surface area contributed by atoms with Gasteiger partial charge in [0.15, 0.2) is 17.3 Å². The van der Waals surface area contributed by atoms with Crippen LogP contribution < -0.4 is 0 Å². The molecule has 0 saturated heterocycles. The third-order valence-electron chi connectivity index (χ3n) is 2.89. The first-order valence-corrected chi connectivity index (χ1v) is 5.34. The molecule has 3 nitrogen and oxygen atoms in total. The molecule has 1 aromatic rings. The number of rotatable bonds is 2. The first-order valence-electron chi connectivity index (χ1n) is 5.34. The average Bonchev–Trinajstić information content (AvgIpc) is 2.33. The Morgan fingerprint density at radius 3 is 2.38 bits per heavy atom. The Bertz CT molecular complexity index is 434. The van der Waals surface area contributed by atoms with E-state index in [9.17, 15) is 14.4 Å². The molecule has 0 radical (unpaired) electrons. The van der Waals surface area contributed by atoms with Crippen molar-refractivity contribution in [2.24, 2.45) is 5.92 Å².